The van der Waals surface area contributed by atoms with E-state index in [9.17, 15) is 9.59 Å². The Morgan fingerprint density at radius 1 is 1.12 bits per heavy atom. The number of carbonyl (C=O) groups is 2. The number of esters is 1. The van der Waals surface area contributed by atoms with E-state index < -0.39 is 5.97 Å². The summed E-state index contributed by atoms with van der Waals surface area (Å²) in [6.07, 6.45) is 2.90. The fourth-order valence-corrected chi connectivity index (χ4v) is 2.33. The van der Waals surface area contributed by atoms with Crippen LogP contribution in [0.4, 0.5) is 5.69 Å². The molecule has 2 rings (SSSR count). The highest BCUT2D eigenvalue weighted by atomic mass is 35.5. The molecule has 0 radical (unpaired) electrons. The molecule has 0 aliphatic carbocycles. The second kappa shape index (κ2) is 8.55. The molecular formula is C18H15Cl2NO4. The second-order valence-corrected chi connectivity index (χ2v) is 5.71. The third-order valence-corrected chi connectivity index (χ3v) is 3.90. The van der Waals surface area contributed by atoms with Crippen molar-refractivity contribution >= 4 is 46.8 Å². The van der Waals surface area contributed by atoms with Crippen molar-refractivity contribution < 1.29 is 19.1 Å². The molecular weight excluding hydrogens is 365 g/mol. The third-order valence-electron chi connectivity index (χ3n) is 3.08. The van der Waals surface area contributed by atoms with Crippen LogP contribution in [0, 0.1) is 0 Å². The van der Waals surface area contributed by atoms with Gasteiger partial charge in [-0.2, -0.15) is 0 Å². The van der Waals surface area contributed by atoms with Crippen molar-refractivity contribution in [1.82, 2.24) is 0 Å². The van der Waals surface area contributed by atoms with Gasteiger partial charge in [-0.25, -0.2) is 0 Å². The first-order valence-electron chi connectivity index (χ1n) is 7.20. The average molecular weight is 380 g/mol. The Morgan fingerprint density at radius 2 is 1.88 bits per heavy atom. The summed E-state index contributed by atoms with van der Waals surface area (Å²) in [5.74, 6) is -0.153. The van der Waals surface area contributed by atoms with Crippen molar-refractivity contribution in [2.24, 2.45) is 0 Å². The van der Waals surface area contributed by atoms with E-state index in [1.54, 1.807) is 42.5 Å². The van der Waals surface area contributed by atoms with E-state index in [2.05, 4.69) is 5.32 Å². The first kappa shape index (κ1) is 18.8. The predicted molar refractivity (Wildman–Crippen MR) is 98.4 cm³/mol. The number of halogens is 2. The highest BCUT2D eigenvalue weighted by Gasteiger charge is 2.08. The first-order chi connectivity index (χ1) is 11.9. The molecule has 2 aromatic rings. The third kappa shape index (κ3) is 5.24. The largest absolute Gasteiger partial charge is 0.493 e. The van der Waals surface area contributed by atoms with Crippen molar-refractivity contribution in [3.05, 3.63) is 58.1 Å². The zero-order chi connectivity index (χ0) is 18.4. The fourth-order valence-electron chi connectivity index (χ4n) is 1.98. The molecule has 25 heavy (non-hydrogen) atoms. The molecule has 0 unspecified atom stereocenters. The van der Waals surface area contributed by atoms with E-state index in [1.807, 2.05) is 0 Å². The van der Waals surface area contributed by atoms with Crippen molar-refractivity contribution in [3.63, 3.8) is 0 Å². The SMILES string of the molecule is COc1ccc(C=CC(=O)Nc2cccc(Cl)c2Cl)cc1OC(C)=O. The molecule has 0 bridgehead atoms. The summed E-state index contributed by atoms with van der Waals surface area (Å²) in [6, 6.07) is 9.92. The van der Waals surface area contributed by atoms with Crippen LogP contribution in [0.2, 0.25) is 10.0 Å². The Labute approximate surface area is 155 Å². The number of benzene rings is 2. The molecule has 0 atom stereocenters. The normalized spacial score (nSPS) is 10.6. The van der Waals surface area contributed by atoms with Gasteiger partial charge >= 0.3 is 5.97 Å². The molecule has 1 amide bonds. The van der Waals surface area contributed by atoms with Crippen LogP contribution in [-0.4, -0.2) is 19.0 Å². The van der Waals surface area contributed by atoms with Crippen molar-refractivity contribution in [2.75, 3.05) is 12.4 Å². The lowest BCUT2D eigenvalue weighted by Gasteiger charge is -2.08. The van der Waals surface area contributed by atoms with E-state index in [0.29, 0.717) is 22.0 Å². The lowest BCUT2D eigenvalue weighted by Crippen LogP contribution is -2.08. The maximum Gasteiger partial charge on any atom is 0.308 e. The highest BCUT2D eigenvalue weighted by molar-refractivity contribution is 6.44. The minimum atomic E-state index is -0.465. The number of amides is 1. The smallest absolute Gasteiger partial charge is 0.308 e. The molecule has 0 spiro atoms. The first-order valence-corrected chi connectivity index (χ1v) is 7.96. The minimum Gasteiger partial charge on any atom is -0.493 e. The molecule has 5 nitrogen and oxygen atoms in total. The van der Waals surface area contributed by atoms with Crippen LogP contribution in [0.15, 0.2) is 42.5 Å². The van der Waals surface area contributed by atoms with Gasteiger partial charge in [0.1, 0.15) is 0 Å². The lowest BCUT2D eigenvalue weighted by molar-refractivity contribution is -0.132. The van der Waals surface area contributed by atoms with Crippen LogP contribution >= 0.6 is 23.2 Å². The molecule has 0 aliphatic heterocycles. The van der Waals surface area contributed by atoms with Crippen LogP contribution in [0.3, 0.4) is 0 Å². The average Bonchev–Trinajstić information content (AvgIpc) is 2.57. The molecule has 0 saturated heterocycles. The van der Waals surface area contributed by atoms with Gasteiger partial charge in [0.15, 0.2) is 11.5 Å². The standard InChI is InChI=1S/C18H15Cl2NO4/c1-11(22)25-16-10-12(6-8-15(16)24-2)7-9-17(23)21-14-5-3-4-13(19)18(14)20/h3-10H,1-2H3,(H,21,23). The number of carbonyl (C=O) groups excluding carboxylic acids is 2. The van der Waals surface area contributed by atoms with Gasteiger partial charge in [-0.05, 0) is 35.9 Å². The molecule has 1 N–H and O–H groups in total. The fraction of sp³-hybridized carbons (Fsp3) is 0.111. The number of rotatable bonds is 5. The van der Waals surface area contributed by atoms with E-state index in [-0.39, 0.29) is 16.7 Å². The van der Waals surface area contributed by atoms with Gasteiger partial charge in [-0.15, -0.1) is 0 Å². The zero-order valence-corrected chi connectivity index (χ0v) is 15.0. The van der Waals surface area contributed by atoms with Crippen LogP contribution in [-0.2, 0) is 9.59 Å². The summed E-state index contributed by atoms with van der Waals surface area (Å²) in [7, 11) is 1.47. The molecule has 0 fully saturated rings. The Balaban J connectivity index is 2.14. The summed E-state index contributed by atoms with van der Waals surface area (Å²) in [6.45, 7) is 1.30. The molecule has 0 aromatic heterocycles. The highest BCUT2D eigenvalue weighted by Crippen LogP contribution is 2.30. The summed E-state index contributed by atoms with van der Waals surface area (Å²) in [5.41, 5.74) is 1.07. The van der Waals surface area contributed by atoms with Gasteiger partial charge in [0.05, 0.1) is 22.8 Å². The summed E-state index contributed by atoms with van der Waals surface area (Å²) in [5, 5.41) is 3.26. The van der Waals surface area contributed by atoms with Crippen LogP contribution in [0.25, 0.3) is 6.08 Å². The number of ether oxygens (including phenoxy) is 2. The number of anilines is 1. The number of hydrogen-bond acceptors (Lipinski definition) is 4. The quantitative estimate of drug-likeness (QED) is 0.469. The lowest BCUT2D eigenvalue weighted by atomic mass is 10.2. The zero-order valence-electron chi connectivity index (χ0n) is 13.5. The number of nitrogens with one attached hydrogen (secondary N) is 1. The van der Waals surface area contributed by atoms with E-state index >= 15 is 0 Å². The van der Waals surface area contributed by atoms with Gasteiger partial charge < -0.3 is 14.8 Å². The van der Waals surface area contributed by atoms with Gasteiger partial charge in [0.2, 0.25) is 5.91 Å². The van der Waals surface area contributed by atoms with Crippen LogP contribution < -0.4 is 14.8 Å². The van der Waals surface area contributed by atoms with Crippen LogP contribution in [0.5, 0.6) is 11.5 Å². The maximum atomic E-state index is 12.0. The predicted octanol–water partition coefficient (Wildman–Crippen LogP) is 4.58. The van der Waals surface area contributed by atoms with E-state index in [4.69, 9.17) is 32.7 Å². The topological polar surface area (TPSA) is 64.6 Å². The summed E-state index contributed by atoms with van der Waals surface area (Å²) >= 11 is 11.9. The summed E-state index contributed by atoms with van der Waals surface area (Å²) < 4.78 is 10.2. The Bertz CT molecular complexity index is 834. The van der Waals surface area contributed by atoms with Gasteiger partial charge in [-0.1, -0.05) is 35.3 Å². The van der Waals surface area contributed by atoms with Crippen molar-refractivity contribution in [3.8, 4) is 11.5 Å². The molecule has 7 heteroatoms. The Hall–Kier alpha value is -2.50. The number of methoxy groups -OCH3 is 1. The van der Waals surface area contributed by atoms with Crippen LogP contribution in [0.1, 0.15) is 12.5 Å². The van der Waals surface area contributed by atoms with E-state index in [1.165, 1.54) is 20.1 Å². The molecule has 0 heterocycles. The van der Waals surface area contributed by atoms with E-state index in [0.717, 1.165) is 0 Å². The van der Waals surface area contributed by atoms with Gasteiger partial charge in [0.25, 0.3) is 0 Å². The maximum absolute atomic E-state index is 12.0. The van der Waals surface area contributed by atoms with Gasteiger partial charge in [0, 0.05) is 13.0 Å². The molecule has 130 valence electrons. The van der Waals surface area contributed by atoms with Crippen molar-refractivity contribution in [2.45, 2.75) is 6.92 Å². The number of hydrogen-bond donors (Lipinski definition) is 1. The van der Waals surface area contributed by atoms with Crippen molar-refractivity contribution in [1.29, 1.82) is 0 Å². The monoisotopic (exact) mass is 379 g/mol. The molecule has 0 aliphatic rings. The minimum absolute atomic E-state index is 0.271. The Kier molecular flexibility index (Phi) is 6.44. The molecule has 0 saturated carbocycles. The van der Waals surface area contributed by atoms with Gasteiger partial charge in [-0.3, -0.25) is 9.59 Å². The second-order valence-electron chi connectivity index (χ2n) is 4.93. The summed E-state index contributed by atoms with van der Waals surface area (Å²) in [4.78, 5) is 23.2. The Morgan fingerprint density at radius 3 is 2.56 bits per heavy atom. The molecule has 2 aromatic carbocycles.